The lowest BCUT2D eigenvalue weighted by Gasteiger charge is -2.35. The van der Waals surface area contributed by atoms with Crippen LogP contribution >= 0.6 is 79.4 Å². The number of aryl methyl sites for hydroxylation is 4. The standard InChI is InChI=1S/C84H44N8O2S7/c1-41-13-21-48(22-14-41)83(49-23-15-42(2)16-24-49)61-32-58-62(31-57(61)56-29-45-30-66(95-64(45)35-63(56)83)77-91-81-79(100-77)89-68(98-81)33-59-70(46(37-85)38-86)52-9-5-7-11-54(52)73(59)93)84(50-25-17-43(3)18-26-50,51-27-19-44(4)20-28-51)72-75(58)96-65-36-67(97-76(65)72)78-92-82-80(101-78)90-69(99-82)34-60-71(47(39-87)40-88)53-10-6-8-12-55(53)74(60)94/h5-36H,1-4H3/b59-33-,60-34-. The lowest BCUT2D eigenvalue weighted by atomic mass is 9.65. The van der Waals surface area contributed by atoms with Crippen LogP contribution in [-0.4, -0.2) is 31.5 Å². The average molecular weight is 1420 g/mol. The molecule has 0 aliphatic heterocycles. The van der Waals surface area contributed by atoms with Crippen molar-refractivity contribution in [3.05, 3.63) is 303 Å². The van der Waals surface area contributed by atoms with Crippen molar-refractivity contribution in [1.29, 1.82) is 21.0 Å². The minimum Gasteiger partial charge on any atom is -0.289 e. The first-order valence-electron chi connectivity index (χ1n) is 32.3. The van der Waals surface area contributed by atoms with E-state index in [0.717, 1.165) is 54.7 Å². The molecular weight excluding hydrogens is 1380 g/mol. The van der Waals surface area contributed by atoms with Gasteiger partial charge < -0.3 is 0 Å². The summed E-state index contributed by atoms with van der Waals surface area (Å²) < 4.78 is 3.51. The maximum absolute atomic E-state index is 13.9. The second kappa shape index (κ2) is 22.6. The van der Waals surface area contributed by atoms with E-state index in [4.69, 9.17) is 19.9 Å². The third-order valence-corrected chi connectivity index (χ3v) is 27.9. The molecule has 0 amide bonds. The lowest BCUT2D eigenvalue weighted by molar-refractivity contribution is 0.103. The van der Waals surface area contributed by atoms with Crippen molar-refractivity contribution in [2.45, 2.75) is 38.5 Å². The largest absolute Gasteiger partial charge is 0.289 e. The van der Waals surface area contributed by atoms with Crippen LogP contribution in [-0.2, 0) is 10.8 Å². The van der Waals surface area contributed by atoms with E-state index in [2.05, 4.69) is 161 Å². The summed E-state index contributed by atoms with van der Waals surface area (Å²) in [4.78, 5) is 54.5. The van der Waals surface area contributed by atoms with E-state index in [1.807, 2.05) is 35.6 Å². The van der Waals surface area contributed by atoms with Crippen LogP contribution in [0.3, 0.4) is 0 Å². The monoisotopic (exact) mass is 1420 g/mol. The number of aromatic nitrogens is 4. The van der Waals surface area contributed by atoms with Gasteiger partial charge in [-0.15, -0.1) is 34.0 Å². The van der Waals surface area contributed by atoms with Crippen LogP contribution < -0.4 is 0 Å². The van der Waals surface area contributed by atoms with E-state index in [0.29, 0.717) is 43.4 Å². The number of ketones is 2. The number of carbonyl (C=O) groups is 2. The molecule has 4 aliphatic carbocycles. The van der Waals surface area contributed by atoms with Gasteiger partial charge in [0.15, 0.2) is 30.9 Å². The number of carbonyl (C=O) groups excluding carboxylic acids is 2. The summed E-state index contributed by atoms with van der Waals surface area (Å²) >= 11 is 11.2. The summed E-state index contributed by atoms with van der Waals surface area (Å²) in [5.41, 5.74) is 19.3. The van der Waals surface area contributed by atoms with Gasteiger partial charge in [0.25, 0.3) is 0 Å². The molecule has 0 spiro atoms. The highest BCUT2D eigenvalue weighted by Crippen LogP contribution is 2.67. The van der Waals surface area contributed by atoms with Gasteiger partial charge in [-0.3, -0.25) is 9.59 Å². The van der Waals surface area contributed by atoms with Crippen molar-refractivity contribution in [2.24, 2.45) is 0 Å². The first-order valence-corrected chi connectivity index (χ1v) is 38.0. The van der Waals surface area contributed by atoms with Crippen molar-refractivity contribution >= 4 is 153 Å². The molecule has 10 nitrogen and oxygen atoms in total. The molecule has 0 radical (unpaired) electrons. The second-order valence-electron chi connectivity index (χ2n) is 25.7. The molecule has 101 heavy (non-hydrogen) atoms. The van der Waals surface area contributed by atoms with Crippen LogP contribution in [0.5, 0.6) is 0 Å². The number of fused-ring (bicyclic) bond motifs is 13. The Labute approximate surface area is 606 Å². The van der Waals surface area contributed by atoms with Crippen molar-refractivity contribution < 1.29 is 9.59 Å². The van der Waals surface area contributed by atoms with Gasteiger partial charge >= 0.3 is 0 Å². The van der Waals surface area contributed by atoms with Gasteiger partial charge in [0.05, 0.1) is 25.3 Å². The number of nitrogens with zero attached hydrogens (tertiary/aromatic N) is 8. The Morgan fingerprint density at radius 3 is 1.26 bits per heavy atom. The minimum absolute atomic E-state index is 0.117. The van der Waals surface area contributed by atoms with E-state index in [1.165, 1.54) is 138 Å². The predicted molar refractivity (Wildman–Crippen MR) is 411 cm³/mol. The van der Waals surface area contributed by atoms with Crippen molar-refractivity contribution in [2.75, 3.05) is 0 Å². The van der Waals surface area contributed by atoms with E-state index >= 15 is 0 Å². The van der Waals surface area contributed by atoms with Gasteiger partial charge in [-0.25, -0.2) is 19.9 Å². The van der Waals surface area contributed by atoms with Crippen molar-refractivity contribution in [1.82, 2.24) is 19.9 Å². The van der Waals surface area contributed by atoms with Gasteiger partial charge in [-0.1, -0.05) is 213 Å². The smallest absolute Gasteiger partial charge is 0.194 e. The van der Waals surface area contributed by atoms with E-state index < -0.39 is 10.8 Å². The SMILES string of the molecule is Cc1ccc(C2(c3ccc(C)cc3)c3cc4c(cc3-c3cc5cc(-c6nc7sc(/C=C8\C(=O)c9ccccc9C8=C(C#N)C#N)nc7s6)sc5cc32)C(c2ccc(C)cc2)(c2ccc(C)cc2)c2c-4sc3cc(-c4nc5sc(/C=C6\C(=O)c7ccccc7C6=C(C#N)C#N)nc5s4)sc23)cc1. The number of hydrogen-bond acceptors (Lipinski definition) is 17. The molecule has 0 fully saturated rings. The Kier molecular flexibility index (Phi) is 13.6. The first kappa shape index (κ1) is 60.8. The van der Waals surface area contributed by atoms with Crippen LogP contribution in [0.25, 0.3) is 103 Å². The summed E-state index contributed by atoms with van der Waals surface area (Å²) in [6.07, 6.45) is 3.40. The number of nitriles is 4. The molecule has 0 unspecified atom stereocenters. The van der Waals surface area contributed by atoms with Crippen LogP contribution in [0.2, 0.25) is 0 Å². The molecule has 0 bridgehead atoms. The zero-order chi connectivity index (χ0) is 68.5. The highest BCUT2D eigenvalue weighted by Gasteiger charge is 2.53. The predicted octanol–water partition coefficient (Wildman–Crippen LogP) is 21.8. The highest BCUT2D eigenvalue weighted by atomic mass is 32.1. The second-order valence-corrected chi connectivity index (χ2v) is 32.9. The molecule has 19 rings (SSSR count). The summed E-state index contributed by atoms with van der Waals surface area (Å²) in [5, 5.41) is 43.9. The van der Waals surface area contributed by atoms with E-state index in [1.54, 1.807) is 83.4 Å². The van der Waals surface area contributed by atoms with Crippen LogP contribution in [0.15, 0.2) is 204 Å². The number of allylic oxidation sites excluding steroid dienone is 6. The van der Waals surface area contributed by atoms with Gasteiger partial charge in [0.1, 0.15) is 55.5 Å². The molecule has 0 saturated heterocycles. The molecule has 15 aromatic rings. The Hall–Kier alpha value is -11.3. The highest BCUT2D eigenvalue weighted by molar-refractivity contribution is 7.34. The quantitative estimate of drug-likeness (QED) is 0.105. The molecule has 7 heterocycles. The average Bonchev–Trinajstić information content (AvgIpc) is 1.50. The molecule has 4 aliphatic rings. The zero-order valence-corrected chi connectivity index (χ0v) is 59.4. The van der Waals surface area contributed by atoms with Gasteiger partial charge in [0.2, 0.25) is 0 Å². The summed E-state index contributed by atoms with van der Waals surface area (Å²) in [6.45, 7) is 8.60. The Morgan fingerprint density at radius 1 is 0.386 bits per heavy atom. The Bertz CT molecular complexity index is 6400. The molecule has 0 N–H and O–H groups in total. The molecule has 0 atom stereocenters. The molecule has 8 aromatic carbocycles. The minimum atomic E-state index is -0.774. The fourth-order valence-electron chi connectivity index (χ4n) is 15.5. The summed E-state index contributed by atoms with van der Waals surface area (Å²) in [5.74, 6) is -0.494. The van der Waals surface area contributed by atoms with Gasteiger partial charge in [-0.2, -0.15) is 21.0 Å². The topological polar surface area (TPSA) is 181 Å². The molecule has 7 aromatic heterocycles. The van der Waals surface area contributed by atoms with Crippen LogP contribution in [0.1, 0.15) is 109 Å². The summed E-state index contributed by atoms with van der Waals surface area (Å²) in [6, 6.07) is 73.4. The molecule has 474 valence electrons. The van der Waals surface area contributed by atoms with Crippen molar-refractivity contribution in [3.8, 4) is 65.6 Å². The zero-order valence-electron chi connectivity index (χ0n) is 53.7. The third kappa shape index (κ3) is 8.83. The van der Waals surface area contributed by atoms with E-state index in [9.17, 15) is 30.6 Å². The number of Topliss-reactive ketones (excluding diaryl/α,β-unsaturated/α-hetero) is 2. The maximum Gasteiger partial charge on any atom is 0.194 e. The third-order valence-electron chi connectivity index (χ3n) is 20.0. The van der Waals surface area contributed by atoms with Crippen LogP contribution in [0, 0.1) is 73.0 Å². The Balaban J connectivity index is 0.782. The van der Waals surface area contributed by atoms with E-state index in [-0.39, 0.29) is 33.9 Å². The van der Waals surface area contributed by atoms with Crippen LogP contribution in [0.4, 0.5) is 0 Å². The number of hydrogen-bond donors (Lipinski definition) is 0. The summed E-state index contributed by atoms with van der Waals surface area (Å²) in [7, 11) is 0. The lowest BCUT2D eigenvalue weighted by Crippen LogP contribution is -2.30. The normalized spacial score (nSPS) is 15.1. The number of thiazole rings is 4. The number of benzene rings is 8. The number of thiophene rings is 3. The number of rotatable bonds is 8. The molecule has 0 saturated carbocycles. The van der Waals surface area contributed by atoms with Crippen molar-refractivity contribution in [3.63, 3.8) is 0 Å². The van der Waals surface area contributed by atoms with Gasteiger partial charge in [-0.05, 0) is 148 Å². The fourth-order valence-corrected chi connectivity index (χ4v) is 23.5. The molecular formula is C84H44N8O2S7. The fraction of sp³-hybridized carbons (Fsp3) is 0.0714. The first-order chi connectivity index (χ1) is 49.2. The maximum atomic E-state index is 13.9. The molecule has 17 heteroatoms. The Morgan fingerprint density at radius 2 is 0.792 bits per heavy atom. The van der Waals surface area contributed by atoms with Gasteiger partial charge in [0, 0.05) is 53.3 Å².